The van der Waals surface area contributed by atoms with Crippen molar-refractivity contribution in [2.75, 3.05) is 5.32 Å². The van der Waals surface area contributed by atoms with Crippen molar-refractivity contribution in [2.24, 2.45) is 7.05 Å². The molecule has 1 aromatic carbocycles. The Morgan fingerprint density at radius 1 is 1.40 bits per heavy atom. The third kappa shape index (κ3) is 4.55. The number of carbonyl (C=O) groups excluding carboxylic acids is 1. The van der Waals surface area contributed by atoms with Gasteiger partial charge in [-0.15, -0.1) is 0 Å². The van der Waals surface area contributed by atoms with Crippen molar-refractivity contribution < 1.29 is 18.3 Å². The van der Waals surface area contributed by atoms with Gasteiger partial charge in [0.1, 0.15) is 11.4 Å². The zero-order valence-electron chi connectivity index (χ0n) is 14.8. The van der Waals surface area contributed by atoms with E-state index in [0.29, 0.717) is 11.4 Å². The van der Waals surface area contributed by atoms with Crippen LogP contribution in [0.15, 0.2) is 24.4 Å². The molecule has 1 unspecified atom stereocenters. The lowest BCUT2D eigenvalue weighted by Gasteiger charge is -2.18. The molecule has 136 valence electrons. The molecule has 0 saturated heterocycles. The molecule has 0 bridgehead atoms. The molecule has 5 nitrogen and oxygen atoms in total. The average Bonchev–Trinajstić information content (AvgIpc) is 2.94. The van der Waals surface area contributed by atoms with Gasteiger partial charge in [0.15, 0.2) is 0 Å². The minimum absolute atomic E-state index is 0.0541. The summed E-state index contributed by atoms with van der Waals surface area (Å²) in [7, 11) is 1.50. The number of hydrogen-bond donors (Lipinski definition) is 1. The third-order valence-corrected chi connectivity index (χ3v) is 3.86. The fourth-order valence-corrected chi connectivity index (χ4v) is 2.59. The molecule has 1 amide bonds. The van der Waals surface area contributed by atoms with Crippen LogP contribution in [0.2, 0.25) is 0 Å². The molecule has 1 N–H and O–H groups in total. The Hall–Kier alpha value is -2.44. The number of aromatic nitrogens is 2. The number of amides is 1. The maximum atomic E-state index is 13.0. The van der Waals surface area contributed by atoms with E-state index in [4.69, 9.17) is 4.74 Å². The predicted octanol–water partition coefficient (Wildman–Crippen LogP) is 4.49. The van der Waals surface area contributed by atoms with Crippen molar-refractivity contribution in [2.45, 2.75) is 46.1 Å². The predicted molar refractivity (Wildman–Crippen MR) is 92.3 cm³/mol. The Morgan fingerprint density at radius 2 is 2.12 bits per heavy atom. The lowest BCUT2D eigenvalue weighted by molar-refractivity contribution is 0.101. The number of hydrogen-bond acceptors (Lipinski definition) is 3. The largest absolute Gasteiger partial charge is 0.490 e. The van der Waals surface area contributed by atoms with E-state index in [9.17, 15) is 13.6 Å². The average molecular weight is 351 g/mol. The smallest absolute Gasteiger partial charge is 0.282 e. The first-order chi connectivity index (χ1) is 11.8. The number of aryl methyl sites for hydroxylation is 1. The van der Waals surface area contributed by atoms with Crippen LogP contribution in [0.1, 0.15) is 54.7 Å². The lowest BCUT2D eigenvalue weighted by atomic mass is 10.1. The van der Waals surface area contributed by atoms with Crippen LogP contribution < -0.4 is 10.1 Å². The van der Waals surface area contributed by atoms with Crippen LogP contribution in [-0.2, 0) is 7.05 Å². The fourth-order valence-electron chi connectivity index (χ4n) is 2.59. The molecule has 1 heterocycles. The van der Waals surface area contributed by atoms with Crippen molar-refractivity contribution >= 4 is 11.6 Å². The van der Waals surface area contributed by atoms with Crippen molar-refractivity contribution in [1.82, 2.24) is 9.78 Å². The van der Waals surface area contributed by atoms with Crippen LogP contribution >= 0.6 is 0 Å². The number of anilines is 1. The van der Waals surface area contributed by atoms with E-state index in [0.717, 1.165) is 18.4 Å². The van der Waals surface area contributed by atoms with Crippen LogP contribution in [0, 0.1) is 6.92 Å². The molecule has 2 rings (SSSR count). The van der Waals surface area contributed by atoms with Gasteiger partial charge < -0.3 is 10.1 Å². The summed E-state index contributed by atoms with van der Waals surface area (Å²) in [5.41, 5.74) is 0.612. The van der Waals surface area contributed by atoms with Crippen LogP contribution in [0.5, 0.6) is 5.75 Å². The van der Waals surface area contributed by atoms with E-state index in [-0.39, 0.29) is 11.7 Å². The summed E-state index contributed by atoms with van der Waals surface area (Å²) in [5.74, 6) is 0.0456. The van der Waals surface area contributed by atoms with Gasteiger partial charge in [-0.25, -0.2) is 8.78 Å². The summed E-state index contributed by atoms with van der Waals surface area (Å²) in [6.45, 7) is 5.89. The maximum Gasteiger partial charge on any atom is 0.282 e. The van der Waals surface area contributed by atoms with E-state index < -0.39 is 18.0 Å². The minimum Gasteiger partial charge on any atom is -0.490 e. The van der Waals surface area contributed by atoms with Crippen LogP contribution in [-0.4, -0.2) is 21.8 Å². The van der Waals surface area contributed by atoms with Gasteiger partial charge >= 0.3 is 0 Å². The van der Waals surface area contributed by atoms with Crippen LogP contribution in [0.3, 0.4) is 0 Å². The minimum atomic E-state index is -2.81. The Morgan fingerprint density at radius 3 is 2.76 bits per heavy atom. The van der Waals surface area contributed by atoms with E-state index >= 15 is 0 Å². The molecule has 1 atom stereocenters. The summed E-state index contributed by atoms with van der Waals surface area (Å²) >= 11 is 0. The van der Waals surface area contributed by atoms with Gasteiger partial charge in [-0.05, 0) is 32.4 Å². The van der Waals surface area contributed by atoms with Crippen LogP contribution in [0.25, 0.3) is 0 Å². The van der Waals surface area contributed by atoms with Gasteiger partial charge in [0, 0.05) is 24.5 Å². The van der Waals surface area contributed by atoms with E-state index in [1.807, 2.05) is 19.9 Å². The molecule has 0 aliphatic rings. The molecule has 0 saturated carbocycles. The first-order valence-electron chi connectivity index (χ1n) is 8.22. The van der Waals surface area contributed by atoms with E-state index in [1.165, 1.54) is 17.9 Å². The zero-order valence-corrected chi connectivity index (χ0v) is 14.8. The normalized spacial score (nSPS) is 12.3. The molecule has 7 heteroatoms. The SMILES string of the molecule is CCCC(C)Oc1cccc(NC(=O)c2cn(C)nc2C(F)F)c1C. The van der Waals surface area contributed by atoms with E-state index in [2.05, 4.69) is 17.3 Å². The van der Waals surface area contributed by atoms with Crippen molar-refractivity contribution in [3.05, 3.63) is 41.2 Å². The van der Waals surface area contributed by atoms with Crippen molar-refractivity contribution in [1.29, 1.82) is 0 Å². The molecular weight excluding hydrogens is 328 g/mol. The number of ether oxygens (including phenoxy) is 1. The molecule has 0 spiro atoms. The summed E-state index contributed by atoms with van der Waals surface area (Å²) in [6.07, 6.45) is 0.457. The van der Waals surface area contributed by atoms with Gasteiger partial charge in [0.2, 0.25) is 0 Å². The number of nitrogens with one attached hydrogen (secondary N) is 1. The second-order valence-corrected chi connectivity index (χ2v) is 6.00. The highest BCUT2D eigenvalue weighted by molar-refractivity contribution is 6.05. The highest BCUT2D eigenvalue weighted by Gasteiger charge is 2.23. The third-order valence-electron chi connectivity index (χ3n) is 3.86. The summed E-state index contributed by atoms with van der Waals surface area (Å²) < 4.78 is 33.1. The standard InChI is InChI=1S/C18H23F2N3O2/c1-5-7-11(2)25-15-9-6-8-14(12(15)3)21-18(24)13-10-23(4)22-16(13)17(19)20/h6,8-11,17H,5,7H2,1-4H3,(H,21,24). The molecule has 0 radical (unpaired) electrons. The molecule has 25 heavy (non-hydrogen) atoms. The topological polar surface area (TPSA) is 56.1 Å². The number of benzene rings is 1. The molecular formula is C18H23F2N3O2. The highest BCUT2D eigenvalue weighted by atomic mass is 19.3. The number of nitrogens with zero attached hydrogens (tertiary/aromatic N) is 2. The molecule has 0 aliphatic heterocycles. The summed E-state index contributed by atoms with van der Waals surface area (Å²) in [4.78, 5) is 12.4. The van der Waals surface area contributed by atoms with Crippen LogP contribution in [0.4, 0.5) is 14.5 Å². The highest BCUT2D eigenvalue weighted by Crippen LogP contribution is 2.28. The van der Waals surface area contributed by atoms with Gasteiger partial charge in [-0.1, -0.05) is 19.4 Å². The lowest BCUT2D eigenvalue weighted by Crippen LogP contribution is -2.16. The quantitative estimate of drug-likeness (QED) is 0.800. The molecule has 1 aromatic heterocycles. The van der Waals surface area contributed by atoms with E-state index in [1.54, 1.807) is 12.1 Å². The number of halogens is 2. The Bertz CT molecular complexity index is 744. The second-order valence-electron chi connectivity index (χ2n) is 6.00. The Kier molecular flexibility index (Phi) is 6.12. The molecule has 0 aliphatic carbocycles. The Labute approximate surface area is 146 Å². The summed E-state index contributed by atoms with van der Waals surface area (Å²) in [5, 5.41) is 6.33. The van der Waals surface area contributed by atoms with Crippen molar-refractivity contribution in [3.8, 4) is 5.75 Å². The van der Waals surface area contributed by atoms with Gasteiger partial charge in [-0.2, -0.15) is 5.10 Å². The zero-order chi connectivity index (χ0) is 18.6. The molecule has 2 aromatic rings. The molecule has 0 fully saturated rings. The van der Waals surface area contributed by atoms with Gasteiger partial charge in [0.25, 0.3) is 12.3 Å². The number of alkyl halides is 2. The number of rotatable bonds is 7. The first-order valence-corrected chi connectivity index (χ1v) is 8.22. The number of carbonyl (C=O) groups is 1. The summed E-state index contributed by atoms with van der Waals surface area (Å²) in [6, 6.07) is 5.29. The monoisotopic (exact) mass is 351 g/mol. The van der Waals surface area contributed by atoms with Crippen molar-refractivity contribution in [3.63, 3.8) is 0 Å². The maximum absolute atomic E-state index is 13.0. The fraction of sp³-hybridized carbons (Fsp3) is 0.444. The van der Waals surface area contributed by atoms with Gasteiger partial charge in [0.05, 0.1) is 11.7 Å². The first kappa shape index (κ1) is 18.9. The second kappa shape index (κ2) is 8.09. The van der Waals surface area contributed by atoms with Gasteiger partial charge in [-0.3, -0.25) is 9.48 Å². The Balaban J connectivity index is 2.22.